The topological polar surface area (TPSA) is 63.1 Å². The summed E-state index contributed by atoms with van der Waals surface area (Å²) in [7, 11) is 1.66. The Morgan fingerprint density at radius 3 is 2.67 bits per heavy atom. The van der Waals surface area contributed by atoms with Crippen molar-refractivity contribution < 1.29 is 9.15 Å². The molecule has 0 aliphatic carbocycles. The van der Waals surface area contributed by atoms with Gasteiger partial charge in [0.1, 0.15) is 17.2 Å². The van der Waals surface area contributed by atoms with E-state index in [4.69, 9.17) is 9.15 Å². The number of nitrogens with zero attached hydrogens (tertiary/aromatic N) is 1. The first-order valence-corrected chi connectivity index (χ1v) is 6.73. The molecule has 0 radical (unpaired) electrons. The van der Waals surface area contributed by atoms with Gasteiger partial charge in [0.2, 0.25) is 0 Å². The maximum Gasteiger partial charge on any atom is 0.152 e. The van der Waals surface area contributed by atoms with Gasteiger partial charge < -0.3 is 14.5 Å². The van der Waals surface area contributed by atoms with Crippen molar-refractivity contribution in [3.63, 3.8) is 0 Å². The van der Waals surface area contributed by atoms with Crippen LogP contribution in [-0.2, 0) is 6.54 Å². The van der Waals surface area contributed by atoms with Gasteiger partial charge in [-0.15, -0.1) is 0 Å². The van der Waals surface area contributed by atoms with Crippen LogP contribution in [0.1, 0.15) is 11.3 Å². The molecule has 3 rings (SSSR count). The number of ether oxygens (including phenoxy) is 1. The molecular weight excluding hydrogens is 266 g/mol. The number of aromatic amines is 1. The molecule has 2 heterocycles. The van der Waals surface area contributed by atoms with Crippen molar-refractivity contribution >= 4 is 5.69 Å². The summed E-state index contributed by atoms with van der Waals surface area (Å²) in [6, 6.07) is 11.7. The van der Waals surface area contributed by atoms with E-state index in [1.165, 1.54) is 0 Å². The maximum atomic E-state index is 5.64. The molecule has 5 heteroatoms. The fourth-order valence-electron chi connectivity index (χ4n) is 2.13. The summed E-state index contributed by atoms with van der Waals surface area (Å²) < 4.78 is 10.8. The highest BCUT2D eigenvalue weighted by atomic mass is 16.5. The van der Waals surface area contributed by atoms with Gasteiger partial charge in [0.05, 0.1) is 13.3 Å². The molecule has 1 aromatic carbocycles. The van der Waals surface area contributed by atoms with Gasteiger partial charge in [0, 0.05) is 17.8 Å². The van der Waals surface area contributed by atoms with Crippen LogP contribution in [0.25, 0.3) is 11.5 Å². The minimum absolute atomic E-state index is 0.665. The van der Waals surface area contributed by atoms with Crippen LogP contribution in [0.2, 0.25) is 0 Å². The first-order chi connectivity index (χ1) is 10.3. The smallest absolute Gasteiger partial charge is 0.152 e. The molecule has 0 atom stereocenters. The van der Waals surface area contributed by atoms with E-state index in [9.17, 15) is 0 Å². The first kappa shape index (κ1) is 13.3. The van der Waals surface area contributed by atoms with Crippen LogP contribution in [-0.4, -0.2) is 17.3 Å². The molecule has 3 aromatic rings. The van der Waals surface area contributed by atoms with Crippen LogP contribution >= 0.6 is 0 Å². The van der Waals surface area contributed by atoms with E-state index in [0.717, 1.165) is 34.2 Å². The molecule has 21 heavy (non-hydrogen) atoms. The number of benzene rings is 1. The molecule has 0 saturated heterocycles. The van der Waals surface area contributed by atoms with Gasteiger partial charge in [-0.1, -0.05) is 0 Å². The Labute approximate surface area is 122 Å². The lowest BCUT2D eigenvalue weighted by atomic mass is 10.2. The van der Waals surface area contributed by atoms with E-state index in [1.807, 2.05) is 49.5 Å². The standard InChI is InChI=1S/C16H17N3O2/c1-11-3-8-15(21-11)16-12(10-18-19-16)9-17-13-4-6-14(20-2)7-5-13/h3-8,10,17H,9H2,1-2H3,(H,18,19). The monoisotopic (exact) mass is 283 g/mol. The number of hydrogen-bond acceptors (Lipinski definition) is 4. The Kier molecular flexibility index (Phi) is 3.64. The molecule has 0 aliphatic rings. The van der Waals surface area contributed by atoms with Gasteiger partial charge in [-0.3, -0.25) is 5.10 Å². The molecule has 5 nitrogen and oxygen atoms in total. The molecule has 0 fully saturated rings. The van der Waals surface area contributed by atoms with E-state index in [2.05, 4.69) is 15.5 Å². The summed E-state index contributed by atoms with van der Waals surface area (Å²) in [5.41, 5.74) is 2.99. The molecule has 0 unspecified atom stereocenters. The lowest BCUT2D eigenvalue weighted by Crippen LogP contribution is -1.99. The van der Waals surface area contributed by atoms with Crippen molar-refractivity contribution in [1.29, 1.82) is 0 Å². The van der Waals surface area contributed by atoms with Crippen molar-refractivity contribution in [2.75, 3.05) is 12.4 Å². The second-order valence-corrected chi connectivity index (χ2v) is 4.76. The number of H-pyrrole nitrogens is 1. The molecule has 2 aromatic heterocycles. The third kappa shape index (κ3) is 2.91. The molecule has 0 aliphatic heterocycles. The highest BCUT2D eigenvalue weighted by Crippen LogP contribution is 2.24. The third-order valence-corrected chi connectivity index (χ3v) is 3.28. The fourth-order valence-corrected chi connectivity index (χ4v) is 2.13. The van der Waals surface area contributed by atoms with Gasteiger partial charge in [0.25, 0.3) is 0 Å². The zero-order chi connectivity index (χ0) is 14.7. The van der Waals surface area contributed by atoms with Gasteiger partial charge in [-0.25, -0.2) is 0 Å². The zero-order valence-electron chi connectivity index (χ0n) is 12.0. The summed E-state index contributed by atoms with van der Waals surface area (Å²) in [5.74, 6) is 2.53. The molecule has 2 N–H and O–H groups in total. The number of anilines is 1. The second-order valence-electron chi connectivity index (χ2n) is 4.76. The van der Waals surface area contributed by atoms with Crippen LogP contribution in [0.4, 0.5) is 5.69 Å². The molecule has 0 bridgehead atoms. The van der Waals surface area contributed by atoms with Crippen LogP contribution in [0.3, 0.4) is 0 Å². The summed E-state index contributed by atoms with van der Waals surface area (Å²) in [5, 5.41) is 10.4. The van der Waals surface area contributed by atoms with Crippen LogP contribution in [0, 0.1) is 6.92 Å². The predicted molar refractivity (Wildman–Crippen MR) is 81.3 cm³/mol. The molecule has 0 saturated carbocycles. The van der Waals surface area contributed by atoms with E-state index in [-0.39, 0.29) is 0 Å². The van der Waals surface area contributed by atoms with E-state index in [0.29, 0.717) is 6.54 Å². The largest absolute Gasteiger partial charge is 0.497 e. The van der Waals surface area contributed by atoms with Gasteiger partial charge in [-0.2, -0.15) is 5.10 Å². The molecule has 0 amide bonds. The van der Waals surface area contributed by atoms with Crippen molar-refractivity contribution in [3.8, 4) is 17.2 Å². The number of methoxy groups -OCH3 is 1. The lowest BCUT2D eigenvalue weighted by Gasteiger charge is -2.07. The maximum absolute atomic E-state index is 5.64. The molecule has 0 spiro atoms. The van der Waals surface area contributed by atoms with Gasteiger partial charge >= 0.3 is 0 Å². The number of rotatable bonds is 5. The SMILES string of the molecule is COc1ccc(NCc2cn[nH]c2-c2ccc(C)o2)cc1. The average Bonchev–Trinajstić information content (AvgIpc) is 3.14. The average molecular weight is 283 g/mol. The van der Waals surface area contributed by atoms with Crippen molar-refractivity contribution in [3.05, 3.63) is 53.9 Å². The second kappa shape index (κ2) is 5.75. The van der Waals surface area contributed by atoms with Gasteiger partial charge in [0.15, 0.2) is 5.76 Å². The Hall–Kier alpha value is -2.69. The van der Waals surface area contributed by atoms with Crippen molar-refractivity contribution in [2.24, 2.45) is 0 Å². The minimum Gasteiger partial charge on any atom is -0.497 e. The number of aryl methyl sites for hydroxylation is 1. The Morgan fingerprint density at radius 1 is 1.19 bits per heavy atom. The number of nitrogens with one attached hydrogen (secondary N) is 2. The third-order valence-electron chi connectivity index (χ3n) is 3.28. The van der Waals surface area contributed by atoms with Crippen LogP contribution in [0.15, 0.2) is 47.0 Å². The molecular formula is C16H17N3O2. The zero-order valence-corrected chi connectivity index (χ0v) is 12.0. The summed E-state index contributed by atoms with van der Waals surface area (Å²) in [6.07, 6.45) is 1.81. The lowest BCUT2D eigenvalue weighted by molar-refractivity contribution is 0.415. The Balaban J connectivity index is 1.72. The summed E-state index contributed by atoms with van der Waals surface area (Å²) in [4.78, 5) is 0. The normalized spacial score (nSPS) is 10.6. The van der Waals surface area contributed by atoms with E-state index < -0.39 is 0 Å². The van der Waals surface area contributed by atoms with E-state index >= 15 is 0 Å². The van der Waals surface area contributed by atoms with Gasteiger partial charge in [-0.05, 0) is 43.3 Å². The highest BCUT2D eigenvalue weighted by Gasteiger charge is 2.10. The van der Waals surface area contributed by atoms with Crippen LogP contribution in [0.5, 0.6) is 5.75 Å². The number of furan rings is 1. The number of hydrogen-bond donors (Lipinski definition) is 2. The minimum atomic E-state index is 0.665. The quantitative estimate of drug-likeness (QED) is 0.751. The Bertz CT molecular complexity index is 713. The predicted octanol–water partition coefficient (Wildman–Crippen LogP) is 3.60. The summed E-state index contributed by atoms with van der Waals surface area (Å²) >= 11 is 0. The Morgan fingerprint density at radius 2 is 2.00 bits per heavy atom. The van der Waals surface area contributed by atoms with Crippen molar-refractivity contribution in [1.82, 2.24) is 10.2 Å². The van der Waals surface area contributed by atoms with Crippen molar-refractivity contribution in [2.45, 2.75) is 13.5 Å². The van der Waals surface area contributed by atoms with E-state index in [1.54, 1.807) is 7.11 Å². The summed E-state index contributed by atoms with van der Waals surface area (Å²) in [6.45, 7) is 2.59. The number of aromatic nitrogens is 2. The fraction of sp³-hybridized carbons (Fsp3) is 0.188. The highest BCUT2D eigenvalue weighted by molar-refractivity contribution is 5.58. The first-order valence-electron chi connectivity index (χ1n) is 6.73. The molecule has 108 valence electrons. The van der Waals surface area contributed by atoms with Crippen LogP contribution < -0.4 is 10.1 Å².